The molecule has 39 heavy (non-hydrogen) atoms. The summed E-state index contributed by atoms with van der Waals surface area (Å²) in [4.78, 5) is 29.9. The number of nitrogens with one attached hydrogen (secondary N) is 1. The zero-order valence-electron chi connectivity index (χ0n) is 21.5. The summed E-state index contributed by atoms with van der Waals surface area (Å²) in [5, 5.41) is 0. The number of aromatic nitrogens is 1. The average Bonchev–Trinajstić information content (AvgIpc) is 3.23. The Balaban J connectivity index is 1.62. The number of carbonyl (C=O) groups is 2. The van der Waals surface area contributed by atoms with Crippen LogP contribution in [0.15, 0.2) is 76.6 Å². The molecule has 0 aliphatic rings. The van der Waals surface area contributed by atoms with Crippen molar-refractivity contribution in [1.29, 1.82) is 0 Å². The second-order valence-corrected chi connectivity index (χ2v) is 11.4. The number of hydrogen-bond donors (Lipinski definition) is 1. The van der Waals surface area contributed by atoms with E-state index in [0.717, 1.165) is 53.7 Å². The molecule has 0 atom stereocenters. The Labute approximate surface area is 229 Å². The molecule has 0 aliphatic heterocycles. The summed E-state index contributed by atoms with van der Waals surface area (Å²) < 4.78 is 48.4. The Bertz CT molecular complexity index is 1660. The van der Waals surface area contributed by atoms with Crippen molar-refractivity contribution >= 4 is 49.1 Å². The number of fused-ring (bicyclic) bond motifs is 1. The van der Waals surface area contributed by atoms with Gasteiger partial charge in [-0.15, -0.1) is 0 Å². The van der Waals surface area contributed by atoms with Gasteiger partial charge in [0, 0.05) is 11.3 Å². The molecule has 11 heteroatoms. The van der Waals surface area contributed by atoms with Crippen LogP contribution in [0.2, 0.25) is 0 Å². The summed E-state index contributed by atoms with van der Waals surface area (Å²) >= 11 is 1.31. The Morgan fingerprint density at radius 3 is 2.41 bits per heavy atom. The lowest BCUT2D eigenvalue weighted by Gasteiger charge is -2.08. The standard InChI is InChI=1S/C28H28FN3O5S2/c1-3-5-6-19-7-16-24-25(17-19)38-28(32(24)18-26(33)37-4-2)30-27(34)20-8-12-22(13-9-20)31-39(35,36)23-14-10-21(29)11-15-23/h7-17,31H,3-6,18H2,1-2H3. The van der Waals surface area contributed by atoms with Crippen LogP contribution >= 0.6 is 11.3 Å². The number of rotatable bonds is 10. The van der Waals surface area contributed by atoms with E-state index in [0.29, 0.717) is 4.80 Å². The van der Waals surface area contributed by atoms with Crippen molar-refractivity contribution in [2.45, 2.75) is 44.6 Å². The van der Waals surface area contributed by atoms with E-state index in [1.165, 1.54) is 41.2 Å². The quantitative estimate of drug-likeness (QED) is 0.261. The lowest BCUT2D eigenvalue weighted by molar-refractivity contribution is -0.143. The predicted octanol–water partition coefficient (Wildman–Crippen LogP) is 5.29. The number of unbranched alkanes of at least 4 members (excludes halogenated alkanes) is 1. The fourth-order valence-electron chi connectivity index (χ4n) is 3.89. The molecule has 0 unspecified atom stereocenters. The lowest BCUT2D eigenvalue weighted by Crippen LogP contribution is -2.23. The van der Waals surface area contributed by atoms with Gasteiger partial charge in [-0.05, 0) is 86.0 Å². The zero-order valence-corrected chi connectivity index (χ0v) is 23.1. The van der Waals surface area contributed by atoms with Gasteiger partial charge in [0.2, 0.25) is 0 Å². The highest BCUT2D eigenvalue weighted by Crippen LogP contribution is 2.21. The van der Waals surface area contributed by atoms with Gasteiger partial charge in [-0.1, -0.05) is 30.7 Å². The Hall–Kier alpha value is -3.83. The average molecular weight is 570 g/mol. The Morgan fingerprint density at radius 1 is 1.03 bits per heavy atom. The minimum absolute atomic E-state index is 0.0850. The van der Waals surface area contributed by atoms with Crippen molar-refractivity contribution in [2.24, 2.45) is 4.99 Å². The van der Waals surface area contributed by atoms with Crippen LogP contribution < -0.4 is 9.52 Å². The molecule has 1 aromatic heterocycles. The molecular formula is C28H28FN3O5S2. The number of thiazole rings is 1. The van der Waals surface area contributed by atoms with Gasteiger partial charge in [0.15, 0.2) is 4.80 Å². The van der Waals surface area contributed by atoms with Crippen LogP contribution in [0.5, 0.6) is 0 Å². The van der Waals surface area contributed by atoms with Crippen molar-refractivity contribution in [3.05, 3.63) is 88.5 Å². The number of amides is 1. The lowest BCUT2D eigenvalue weighted by atomic mass is 10.1. The molecule has 0 aliphatic carbocycles. The normalized spacial score (nSPS) is 12.0. The number of halogens is 1. The maximum atomic E-state index is 13.1. The van der Waals surface area contributed by atoms with Gasteiger partial charge in [-0.25, -0.2) is 12.8 Å². The van der Waals surface area contributed by atoms with E-state index in [1.54, 1.807) is 11.5 Å². The maximum Gasteiger partial charge on any atom is 0.326 e. The van der Waals surface area contributed by atoms with Crippen LogP contribution in [-0.4, -0.2) is 31.5 Å². The van der Waals surface area contributed by atoms with Gasteiger partial charge >= 0.3 is 5.97 Å². The first-order chi connectivity index (χ1) is 18.7. The number of aryl methyl sites for hydroxylation is 1. The number of sulfonamides is 1. The summed E-state index contributed by atoms with van der Waals surface area (Å²) in [6.45, 7) is 4.02. The fraction of sp³-hybridized carbons (Fsp3) is 0.250. The van der Waals surface area contributed by atoms with Gasteiger partial charge in [-0.3, -0.25) is 14.3 Å². The summed E-state index contributed by atoms with van der Waals surface area (Å²) in [6, 6.07) is 16.3. The minimum atomic E-state index is -3.93. The molecule has 1 heterocycles. The molecule has 0 fully saturated rings. The molecule has 204 valence electrons. The number of anilines is 1. The van der Waals surface area contributed by atoms with Crippen LogP contribution in [0, 0.1) is 5.82 Å². The van der Waals surface area contributed by atoms with Crippen LogP contribution in [-0.2, 0) is 32.5 Å². The van der Waals surface area contributed by atoms with E-state index >= 15 is 0 Å². The van der Waals surface area contributed by atoms with Gasteiger partial charge < -0.3 is 9.30 Å². The minimum Gasteiger partial charge on any atom is -0.465 e. The molecule has 0 saturated carbocycles. The highest BCUT2D eigenvalue weighted by atomic mass is 32.2. The number of nitrogens with zero attached hydrogens (tertiary/aromatic N) is 2. The molecule has 1 amide bonds. The third-order valence-corrected chi connectivity index (χ3v) is 8.30. The highest BCUT2D eigenvalue weighted by Gasteiger charge is 2.16. The van der Waals surface area contributed by atoms with Crippen LogP contribution in [0.3, 0.4) is 0 Å². The second-order valence-electron chi connectivity index (χ2n) is 8.74. The number of hydrogen-bond acceptors (Lipinski definition) is 6. The first kappa shape index (κ1) is 28.2. The third kappa shape index (κ3) is 6.98. The zero-order chi connectivity index (χ0) is 28.0. The molecule has 4 rings (SSSR count). The summed E-state index contributed by atoms with van der Waals surface area (Å²) in [7, 11) is -3.93. The first-order valence-electron chi connectivity index (χ1n) is 12.5. The fourth-order valence-corrected chi connectivity index (χ4v) is 6.04. The number of ether oxygens (including phenoxy) is 1. The van der Waals surface area contributed by atoms with Crippen molar-refractivity contribution in [3.8, 4) is 0 Å². The molecule has 8 nitrogen and oxygen atoms in total. The van der Waals surface area contributed by atoms with E-state index in [-0.39, 0.29) is 29.3 Å². The van der Waals surface area contributed by atoms with Crippen molar-refractivity contribution in [1.82, 2.24) is 4.57 Å². The van der Waals surface area contributed by atoms with Crippen molar-refractivity contribution in [3.63, 3.8) is 0 Å². The number of benzene rings is 3. The van der Waals surface area contributed by atoms with Crippen molar-refractivity contribution < 1.29 is 27.1 Å². The van der Waals surface area contributed by atoms with E-state index in [9.17, 15) is 22.4 Å². The van der Waals surface area contributed by atoms with Crippen LogP contribution in [0.25, 0.3) is 10.2 Å². The monoisotopic (exact) mass is 569 g/mol. The summed E-state index contributed by atoms with van der Waals surface area (Å²) in [5.74, 6) is -1.52. The molecule has 4 aromatic rings. The molecule has 0 saturated heterocycles. The smallest absolute Gasteiger partial charge is 0.326 e. The maximum absolute atomic E-state index is 13.1. The van der Waals surface area contributed by atoms with Gasteiger partial charge in [0.05, 0.1) is 21.7 Å². The number of esters is 1. The molecule has 0 spiro atoms. The SMILES string of the molecule is CCCCc1ccc2c(c1)sc(=NC(=O)c1ccc(NS(=O)(=O)c3ccc(F)cc3)cc1)n2CC(=O)OCC. The molecule has 1 N–H and O–H groups in total. The first-order valence-corrected chi connectivity index (χ1v) is 14.8. The van der Waals surface area contributed by atoms with E-state index in [2.05, 4.69) is 22.7 Å². The van der Waals surface area contributed by atoms with Crippen LogP contribution in [0.4, 0.5) is 10.1 Å². The van der Waals surface area contributed by atoms with Gasteiger partial charge in [-0.2, -0.15) is 4.99 Å². The Morgan fingerprint density at radius 2 is 1.74 bits per heavy atom. The van der Waals surface area contributed by atoms with E-state index in [4.69, 9.17) is 4.74 Å². The van der Waals surface area contributed by atoms with E-state index in [1.807, 2.05) is 12.1 Å². The molecule has 3 aromatic carbocycles. The summed E-state index contributed by atoms with van der Waals surface area (Å²) in [5.41, 5.74) is 2.43. The summed E-state index contributed by atoms with van der Waals surface area (Å²) in [6.07, 6.45) is 3.07. The molecule has 0 radical (unpaired) electrons. The van der Waals surface area contributed by atoms with Gasteiger partial charge in [0.1, 0.15) is 12.4 Å². The third-order valence-electron chi connectivity index (χ3n) is 5.86. The Kier molecular flexibility index (Phi) is 8.93. The number of carbonyl (C=O) groups excluding carboxylic acids is 2. The predicted molar refractivity (Wildman–Crippen MR) is 149 cm³/mol. The van der Waals surface area contributed by atoms with Crippen molar-refractivity contribution in [2.75, 3.05) is 11.3 Å². The largest absolute Gasteiger partial charge is 0.465 e. The van der Waals surface area contributed by atoms with E-state index < -0.39 is 27.7 Å². The van der Waals surface area contributed by atoms with Crippen LogP contribution in [0.1, 0.15) is 42.6 Å². The highest BCUT2D eigenvalue weighted by molar-refractivity contribution is 7.92. The topological polar surface area (TPSA) is 107 Å². The second kappa shape index (κ2) is 12.4. The molecular weight excluding hydrogens is 541 g/mol. The van der Waals surface area contributed by atoms with Gasteiger partial charge in [0.25, 0.3) is 15.9 Å². The molecule has 0 bridgehead atoms.